The molecule has 0 spiro atoms. The van der Waals surface area contributed by atoms with Crippen molar-refractivity contribution in [2.45, 2.75) is 19.3 Å². The summed E-state index contributed by atoms with van der Waals surface area (Å²) in [6.07, 6.45) is 2.94. The van der Waals surface area contributed by atoms with E-state index in [2.05, 4.69) is 6.07 Å². The summed E-state index contributed by atoms with van der Waals surface area (Å²) in [5.41, 5.74) is 7.81. The number of nitrogens with two attached hydrogens (primary N) is 1. The second-order valence-electron chi connectivity index (χ2n) is 4.42. The van der Waals surface area contributed by atoms with Gasteiger partial charge in [0.05, 0.1) is 13.2 Å². The Labute approximate surface area is 115 Å². The van der Waals surface area contributed by atoms with Gasteiger partial charge in [0.1, 0.15) is 0 Å². The molecule has 0 atom stereocenters. The third kappa shape index (κ3) is 8.59. The SMILES string of the molecule is COCCCOCCOCCCc1cccc(N)c1. The van der Waals surface area contributed by atoms with E-state index in [1.165, 1.54) is 5.56 Å². The molecule has 1 rings (SSSR count). The molecule has 0 unspecified atom stereocenters. The highest BCUT2D eigenvalue weighted by Gasteiger charge is 1.95. The normalized spacial score (nSPS) is 10.8. The zero-order valence-electron chi connectivity index (χ0n) is 11.8. The Kier molecular flexibility index (Phi) is 9.06. The van der Waals surface area contributed by atoms with Gasteiger partial charge in [-0.1, -0.05) is 12.1 Å². The average molecular weight is 267 g/mol. The van der Waals surface area contributed by atoms with Crippen molar-refractivity contribution < 1.29 is 14.2 Å². The quantitative estimate of drug-likeness (QED) is 0.493. The number of methoxy groups -OCH3 is 1. The van der Waals surface area contributed by atoms with Crippen molar-refractivity contribution in [3.63, 3.8) is 0 Å². The maximum absolute atomic E-state index is 5.72. The standard InChI is InChI=1S/C15H25NO3/c1-17-8-4-10-19-12-11-18-9-3-6-14-5-2-7-15(16)13-14/h2,5,7,13H,3-4,6,8-12,16H2,1H3. The van der Waals surface area contributed by atoms with Gasteiger partial charge in [-0.25, -0.2) is 0 Å². The molecule has 4 nitrogen and oxygen atoms in total. The van der Waals surface area contributed by atoms with Gasteiger partial charge in [0.15, 0.2) is 0 Å². The summed E-state index contributed by atoms with van der Waals surface area (Å²) >= 11 is 0. The van der Waals surface area contributed by atoms with Crippen LogP contribution < -0.4 is 5.73 Å². The highest BCUT2D eigenvalue weighted by Crippen LogP contribution is 2.08. The molecular weight excluding hydrogens is 242 g/mol. The van der Waals surface area contributed by atoms with Crippen molar-refractivity contribution >= 4 is 5.69 Å². The van der Waals surface area contributed by atoms with Crippen molar-refractivity contribution in [3.05, 3.63) is 29.8 Å². The van der Waals surface area contributed by atoms with E-state index in [4.69, 9.17) is 19.9 Å². The minimum atomic E-state index is 0.655. The molecule has 0 saturated carbocycles. The molecule has 0 bridgehead atoms. The van der Waals surface area contributed by atoms with Gasteiger partial charge in [-0.15, -0.1) is 0 Å². The monoisotopic (exact) mass is 267 g/mol. The summed E-state index contributed by atoms with van der Waals surface area (Å²) in [5.74, 6) is 0. The van der Waals surface area contributed by atoms with Crippen LogP contribution in [0.15, 0.2) is 24.3 Å². The van der Waals surface area contributed by atoms with Gasteiger partial charge in [0.25, 0.3) is 0 Å². The summed E-state index contributed by atoms with van der Waals surface area (Å²) in [6, 6.07) is 7.99. The fraction of sp³-hybridized carbons (Fsp3) is 0.600. The van der Waals surface area contributed by atoms with Crippen LogP contribution in [0.3, 0.4) is 0 Å². The molecule has 2 N–H and O–H groups in total. The van der Waals surface area contributed by atoms with E-state index in [-0.39, 0.29) is 0 Å². The molecule has 108 valence electrons. The van der Waals surface area contributed by atoms with E-state index in [1.54, 1.807) is 7.11 Å². The molecule has 19 heavy (non-hydrogen) atoms. The fourth-order valence-electron chi connectivity index (χ4n) is 1.75. The highest BCUT2D eigenvalue weighted by molar-refractivity contribution is 5.40. The first kappa shape index (κ1) is 16.0. The first-order valence-corrected chi connectivity index (χ1v) is 6.82. The summed E-state index contributed by atoms with van der Waals surface area (Å²) in [5, 5.41) is 0. The molecule has 0 aliphatic heterocycles. The van der Waals surface area contributed by atoms with Crippen LogP contribution >= 0.6 is 0 Å². The van der Waals surface area contributed by atoms with E-state index in [1.807, 2.05) is 18.2 Å². The Morgan fingerprint density at radius 1 is 0.947 bits per heavy atom. The van der Waals surface area contributed by atoms with E-state index in [0.717, 1.165) is 44.8 Å². The Morgan fingerprint density at radius 3 is 2.37 bits per heavy atom. The molecule has 0 saturated heterocycles. The number of aryl methyl sites for hydroxylation is 1. The molecule has 0 heterocycles. The fourth-order valence-corrected chi connectivity index (χ4v) is 1.75. The van der Waals surface area contributed by atoms with Crippen molar-refractivity contribution in [1.29, 1.82) is 0 Å². The maximum Gasteiger partial charge on any atom is 0.0700 e. The van der Waals surface area contributed by atoms with Crippen LogP contribution in [0.4, 0.5) is 5.69 Å². The minimum absolute atomic E-state index is 0.655. The number of hydrogen-bond donors (Lipinski definition) is 1. The second-order valence-corrected chi connectivity index (χ2v) is 4.42. The molecule has 1 aromatic rings. The predicted molar refractivity (Wildman–Crippen MR) is 77.3 cm³/mol. The molecule has 0 radical (unpaired) electrons. The van der Waals surface area contributed by atoms with Crippen LogP contribution in [0.5, 0.6) is 0 Å². The maximum atomic E-state index is 5.72. The summed E-state index contributed by atoms with van der Waals surface area (Å²) in [6.45, 7) is 3.56. The Morgan fingerprint density at radius 2 is 1.68 bits per heavy atom. The smallest absolute Gasteiger partial charge is 0.0700 e. The van der Waals surface area contributed by atoms with Gasteiger partial charge in [-0.2, -0.15) is 0 Å². The molecule has 0 amide bonds. The number of nitrogen functional groups attached to an aromatic ring is 1. The molecule has 0 fully saturated rings. The number of hydrogen-bond acceptors (Lipinski definition) is 4. The Balaban J connectivity index is 1.89. The van der Waals surface area contributed by atoms with Gasteiger partial charge in [0, 0.05) is 32.6 Å². The van der Waals surface area contributed by atoms with E-state index < -0.39 is 0 Å². The van der Waals surface area contributed by atoms with Crippen molar-refractivity contribution in [2.24, 2.45) is 0 Å². The minimum Gasteiger partial charge on any atom is -0.399 e. The topological polar surface area (TPSA) is 53.7 Å². The van der Waals surface area contributed by atoms with Crippen LogP contribution in [-0.2, 0) is 20.6 Å². The lowest BCUT2D eigenvalue weighted by molar-refractivity contribution is 0.0392. The van der Waals surface area contributed by atoms with Gasteiger partial charge in [0.2, 0.25) is 0 Å². The van der Waals surface area contributed by atoms with Crippen LogP contribution in [0.2, 0.25) is 0 Å². The molecule has 0 aromatic heterocycles. The first-order valence-electron chi connectivity index (χ1n) is 6.82. The van der Waals surface area contributed by atoms with Crippen molar-refractivity contribution in [2.75, 3.05) is 45.9 Å². The average Bonchev–Trinajstić information content (AvgIpc) is 2.41. The summed E-state index contributed by atoms with van der Waals surface area (Å²) in [7, 11) is 1.70. The lowest BCUT2D eigenvalue weighted by atomic mass is 10.1. The van der Waals surface area contributed by atoms with Gasteiger partial charge in [-0.3, -0.25) is 0 Å². The highest BCUT2D eigenvalue weighted by atomic mass is 16.5. The zero-order chi connectivity index (χ0) is 13.8. The Hall–Kier alpha value is -1.10. The lowest BCUT2D eigenvalue weighted by Crippen LogP contribution is -2.07. The van der Waals surface area contributed by atoms with Crippen LogP contribution in [0.1, 0.15) is 18.4 Å². The number of rotatable bonds is 11. The molecule has 4 heteroatoms. The zero-order valence-corrected chi connectivity index (χ0v) is 11.8. The predicted octanol–water partition coefficient (Wildman–Crippen LogP) is 2.27. The van der Waals surface area contributed by atoms with Crippen molar-refractivity contribution in [1.82, 2.24) is 0 Å². The van der Waals surface area contributed by atoms with E-state index >= 15 is 0 Å². The molecule has 0 aliphatic carbocycles. The third-order valence-corrected chi connectivity index (χ3v) is 2.71. The largest absolute Gasteiger partial charge is 0.399 e. The summed E-state index contributed by atoms with van der Waals surface area (Å²) in [4.78, 5) is 0. The Bertz CT molecular complexity index is 331. The summed E-state index contributed by atoms with van der Waals surface area (Å²) < 4.78 is 15.8. The van der Waals surface area contributed by atoms with Crippen LogP contribution in [-0.4, -0.2) is 40.1 Å². The second kappa shape index (κ2) is 10.8. The van der Waals surface area contributed by atoms with Crippen molar-refractivity contribution in [3.8, 4) is 0 Å². The molecular formula is C15H25NO3. The lowest BCUT2D eigenvalue weighted by Gasteiger charge is -2.06. The van der Waals surface area contributed by atoms with Gasteiger partial charge >= 0.3 is 0 Å². The molecule has 0 aliphatic rings. The third-order valence-electron chi connectivity index (χ3n) is 2.71. The van der Waals surface area contributed by atoms with Gasteiger partial charge in [-0.05, 0) is 37.0 Å². The van der Waals surface area contributed by atoms with E-state index in [0.29, 0.717) is 13.2 Å². The first-order chi connectivity index (χ1) is 9.33. The van der Waals surface area contributed by atoms with E-state index in [9.17, 15) is 0 Å². The molecule has 1 aromatic carbocycles. The number of anilines is 1. The van der Waals surface area contributed by atoms with Gasteiger partial charge < -0.3 is 19.9 Å². The van der Waals surface area contributed by atoms with Crippen LogP contribution in [0.25, 0.3) is 0 Å². The van der Waals surface area contributed by atoms with Crippen LogP contribution in [0, 0.1) is 0 Å². The number of ether oxygens (including phenoxy) is 3. The number of benzene rings is 1.